The first-order chi connectivity index (χ1) is 9.11. The largest absolute Gasteiger partial charge is 0.388 e. The number of hydrogen-bond acceptors (Lipinski definition) is 3. The summed E-state index contributed by atoms with van der Waals surface area (Å²) in [6, 6.07) is 5.13. The summed E-state index contributed by atoms with van der Waals surface area (Å²) in [5.74, 6) is -0.286. The smallest absolute Gasteiger partial charge is 0.252 e. The second-order valence-corrected chi connectivity index (χ2v) is 4.74. The molecule has 1 aromatic rings. The van der Waals surface area contributed by atoms with E-state index in [0.717, 1.165) is 17.7 Å². The van der Waals surface area contributed by atoms with Gasteiger partial charge >= 0.3 is 0 Å². The molecule has 5 nitrogen and oxygen atoms in total. The lowest BCUT2D eigenvalue weighted by Gasteiger charge is -2.23. The van der Waals surface area contributed by atoms with Crippen molar-refractivity contribution in [2.45, 2.75) is 25.8 Å². The molecule has 0 saturated carbocycles. The number of anilines is 1. The third-order valence-corrected chi connectivity index (χ3v) is 3.35. The summed E-state index contributed by atoms with van der Waals surface area (Å²) >= 11 is 0. The fourth-order valence-electron chi connectivity index (χ4n) is 2.22. The van der Waals surface area contributed by atoms with Crippen molar-refractivity contribution in [3.05, 3.63) is 29.3 Å². The minimum atomic E-state index is -0.412. The van der Waals surface area contributed by atoms with Crippen molar-refractivity contribution >= 4 is 17.5 Å². The van der Waals surface area contributed by atoms with E-state index >= 15 is 0 Å². The Bertz CT molecular complexity index is 499. The molecule has 0 radical (unpaired) electrons. The number of nitrogens with one attached hydrogen (secondary N) is 3. The number of rotatable bonds is 3. The third-order valence-electron chi connectivity index (χ3n) is 3.35. The van der Waals surface area contributed by atoms with Crippen molar-refractivity contribution in [2.75, 3.05) is 18.9 Å². The molecule has 0 bridgehead atoms. The van der Waals surface area contributed by atoms with Crippen LogP contribution in [0.15, 0.2) is 18.2 Å². The molecule has 1 aromatic carbocycles. The van der Waals surface area contributed by atoms with Gasteiger partial charge in [-0.15, -0.1) is 0 Å². The number of carbonyl (C=O) groups is 2. The van der Waals surface area contributed by atoms with Crippen molar-refractivity contribution < 1.29 is 9.59 Å². The predicted molar refractivity (Wildman–Crippen MR) is 74.2 cm³/mol. The lowest BCUT2D eigenvalue weighted by Crippen LogP contribution is -2.50. The van der Waals surface area contributed by atoms with Gasteiger partial charge in [-0.1, -0.05) is 0 Å². The molecule has 0 spiro atoms. The molecule has 102 valence electrons. The van der Waals surface area contributed by atoms with E-state index in [1.54, 1.807) is 6.07 Å². The lowest BCUT2D eigenvalue weighted by molar-refractivity contribution is -0.124. The number of aryl methyl sites for hydroxylation is 1. The molecule has 3 N–H and O–H groups in total. The van der Waals surface area contributed by atoms with Crippen molar-refractivity contribution in [3.63, 3.8) is 0 Å². The Labute approximate surface area is 112 Å². The van der Waals surface area contributed by atoms with Crippen LogP contribution in [0.1, 0.15) is 28.8 Å². The zero-order chi connectivity index (χ0) is 13.8. The molecule has 19 heavy (non-hydrogen) atoms. The molecular formula is C14H19N3O2. The maximum absolute atomic E-state index is 12.2. The summed E-state index contributed by atoms with van der Waals surface area (Å²) in [6.07, 6.45) is 1.60. The highest BCUT2D eigenvalue weighted by Crippen LogP contribution is 2.15. The fraction of sp³-hybridized carbons (Fsp3) is 0.429. The first-order valence-electron chi connectivity index (χ1n) is 6.49. The highest BCUT2D eigenvalue weighted by molar-refractivity contribution is 5.99. The molecule has 1 fully saturated rings. The number of amides is 2. The normalized spacial score (nSPS) is 18.6. The molecule has 1 unspecified atom stereocenters. The standard InChI is InChI=1S/C14H19N3O2/c1-9-8-10(15-2)5-6-11(9)13(18)17-12-4-3-7-16-14(12)19/h5-6,8,12,15H,3-4,7H2,1-2H3,(H,16,19)(H,17,18). The first kappa shape index (κ1) is 13.4. The summed E-state index contributed by atoms with van der Waals surface area (Å²) in [6.45, 7) is 2.58. The summed E-state index contributed by atoms with van der Waals surface area (Å²) in [4.78, 5) is 23.8. The van der Waals surface area contributed by atoms with Crippen molar-refractivity contribution in [1.29, 1.82) is 0 Å². The molecule has 1 aliphatic heterocycles. The zero-order valence-corrected chi connectivity index (χ0v) is 11.2. The maximum Gasteiger partial charge on any atom is 0.252 e. The Morgan fingerprint density at radius 2 is 2.21 bits per heavy atom. The second kappa shape index (κ2) is 5.73. The summed E-state index contributed by atoms with van der Waals surface area (Å²) in [5, 5.41) is 8.58. The van der Waals surface area contributed by atoms with E-state index in [9.17, 15) is 9.59 Å². The van der Waals surface area contributed by atoms with Gasteiger partial charge in [0.1, 0.15) is 6.04 Å². The van der Waals surface area contributed by atoms with Crippen molar-refractivity contribution in [1.82, 2.24) is 10.6 Å². The van der Waals surface area contributed by atoms with Gasteiger partial charge in [0.2, 0.25) is 5.91 Å². The van der Waals surface area contributed by atoms with Crippen LogP contribution in [0.2, 0.25) is 0 Å². The van der Waals surface area contributed by atoms with E-state index in [-0.39, 0.29) is 11.8 Å². The lowest BCUT2D eigenvalue weighted by atomic mass is 10.0. The van der Waals surface area contributed by atoms with Gasteiger partial charge in [0.15, 0.2) is 0 Å². The van der Waals surface area contributed by atoms with Gasteiger partial charge in [0.05, 0.1) is 0 Å². The Morgan fingerprint density at radius 1 is 1.42 bits per heavy atom. The number of hydrogen-bond donors (Lipinski definition) is 3. The molecule has 1 heterocycles. The SMILES string of the molecule is CNc1ccc(C(=O)NC2CCCNC2=O)c(C)c1. The van der Waals surface area contributed by atoms with E-state index in [2.05, 4.69) is 16.0 Å². The Balaban J connectivity index is 2.09. The van der Waals surface area contributed by atoms with Crippen LogP contribution < -0.4 is 16.0 Å². The van der Waals surface area contributed by atoms with Crippen LogP contribution in [0.25, 0.3) is 0 Å². The monoisotopic (exact) mass is 261 g/mol. The molecule has 1 aliphatic rings. The average molecular weight is 261 g/mol. The van der Waals surface area contributed by atoms with E-state index in [1.165, 1.54) is 0 Å². The predicted octanol–water partition coefficient (Wildman–Crippen LogP) is 1.05. The van der Waals surface area contributed by atoms with Gasteiger partial charge in [0.25, 0.3) is 5.91 Å². The molecule has 0 aromatic heterocycles. The molecule has 1 saturated heterocycles. The van der Waals surface area contributed by atoms with Gasteiger partial charge in [-0.25, -0.2) is 0 Å². The quantitative estimate of drug-likeness (QED) is 0.761. The Hall–Kier alpha value is -2.04. The van der Waals surface area contributed by atoms with Crippen LogP contribution in [-0.2, 0) is 4.79 Å². The van der Waals surface area contributed by atoms with Crippen LogP contribution in [0.5, 0.6) is 0 Å². The van der Waals surface area contributed by atoms with Gasteiger partial charge in [0, 0.05) is 24.8 Å². The van der Waals surface area contributed by atoms with Crippen LogP contribution >= 0.6 is 0 Å². The van der Waals surface area contributed by atoms with Gasteiger partial charge in [-0.3, -0.25) is 9.59 Å². The van der Waals surface area contributed by atoms with Crippen LogP contribution in [-0.4, -0.2) is 31.4 Å². The second-order valence-electron chi connectivity index (χ2n) is 4.74. The Kier molecular flexibility index (Phi) is 4.04. The van der Waals surface area contributed by atoms with Crippen LogP contribution in [0.4, 0.5) is 5.69 Å². The fourth-order valence-corrected chi connectivity index (χ4v) is 2.22. The molecule has 5 heteroatoms. The van der Waals surface area contributed by atoms with E-state index in [4.69, 9.17) is 0 Å². The van der Waals surface area contributed by atoms with E-state index < -0.39 is 6.04 Å². The molecule has 1 atom stereocenters. The zero-order valence-electron chi connectivity index (χ0n) is 11.2. The summed E-state index contributed by atoms with van der Waals surface area (Å²) in [7, 11) is 1.83. The molecular weight excluding hydrogens is 242 g/mol. The van der Waals surface area contributed by atoms with E-state index in [1.807, 2.05) is 26.1 Å². The highest BCUT2D eigenvalue weighted by Gasteiger charge is 2.24. The Morgan fingerprint density at radius 3 is 2.84 bits per heavy atom. The minimum Gasteiger partial charge on any atom is -0.388 e. The molecule has 0 aliphatic carbocycles. The summed E-state index contributed by atoms with van der Waals surface area (Å²) in [5.41, 5.74) is 2.46. The van der Waals surface area contributed by atoms with Crippen molar-refractivity contribution in [3.8, 4) is 0 Å². The van der Waals surface area contributed by atoms with Crippen LogP contribution in [0, 0.1) is 6.92 Å². The van der Waals surface area contributed by atoms with Gasteiger partial charge < -0.3 is 16.0 Å². The average Bonchev–Trinajstić information content (AvgIpc) is 2.41. The summed E-state index contributed by atoms with van der Waals surface area (Å²) < 4.78 is 0. The van der Waals surface area contributed by atoms with Crippen molar-refractivity contribution in [2.24, 2.45) is 0 Å². The number of piperidine rings is 1. The number of benzene rings is 1. The van der Waals surface area contributed by atoms with Gasteiger partial charge in [-0.2, -0.15) is 0 Å². The third kappa shape index (κ3) is 3.05. The molecule has 2 amide bonds. The van der Waals surface area contributed by atoms with Crippen LogP contribution in [0.3, 0.4) is 0 Å². The first-order valence-corrected chi connectivity index (χ1v) is 6.49. The molecule has 2 rings (SSSR count). The van der Waals surface area contributed by atoms with E-state index in [0.29, 0.717) is 18.5 Å². The topological polar surface area (TPSA) is 70.2 Å². The number of carbonyl (C=O) groups excluding carboxylic acids is 2. The highest BCUT2D eigenvalue weighted by atomic mass is 16.2. The minimum absolute atomic E-state index is 0.0934. The maximum atomic E-state index is 12.2. The van der Waals surface area contributed by atoms with Gasteiger partial charge in [-0.05, 0) is 43.5 Å².